The van der Waals surface area contributed by atoms with Crippen LogP contribution in [0.3, 0.4) is 0 Å². The van der Waals surface area contributed by atoms with Crippen LogP contribution in [0.5, 0.6) is 5.75 Å². The summed E-state index contributed by atoms with van der Waals surface area (Å²) in [6.45, 7) is 15.9. The summed E-state index contributed by atoms with van der Waals surface area (Å²) in [6.07, 6.45) is 5.25. The molecule has 1 saturated heterocycles. The molecule has 1 aliphatic rings. The summed E-state index contributed by atoms with van der Waals surface area (Å²) in [5.41, 5.74) is 5.22. The van der Waals surface area contributed by atoms with Crippen LogP contribution in [0.4, 0.5) is 0 Å². The number of carbonyl (C=O) groups excluding carboxylic acids is 1. The van der Waals surface area contributed by atoms with E-state index in [1.54, 1.807) is 0 Å². The van der Waals surface area contributed by atoms with E-state index in [4.69, 9.17) is 4.74 Å². The Labute approximate surface area is 247 Å². The van der Waals surface area contributed by atoms with Gasteiger partial charge in [0.2, 0.25) is 6.41 Å². The molecule has 4 rings (SSSR count). The maximum atomic E-state index is 9.87. The molecule has 0 aliphatic carbocycles. The third-order valence-corrected chi connectivity index (χ3v) is 7.39. The first kappa shape index (κ1) is 31.9. The van der Waals surface area contributed by atoms with Crippen molar-refractivity contribution < 1.29 is 9.53 Å². The van der Waals surface area contributed by atoms with Gasteiger partial charge >= 0.3 is 0 Å². The Balaban J connectivity index is 0.000000389. The van der Waals surface area contributed by atoms with E-state index in [9.17, 15) is 4.79 Å². The van der Waals surface area contributed by atoms with Gasteiger partial charge in [0.05, 0.1) is 0 Å². The van der Waals surface area contributed by atoms with Crippen LogP contribution in [0, 0.1) is 13.8 Å². The molecule has 0 saturated carbocycles. The fourth-order valence-corrected chi connectivity index (χ4v) is 4.94. The number of piperazine rings is 1. The van der Waals surface area contributed by atoms with Gasteiger partial charge in [-0.1, -0.05) is 79.7 Å². The highest BCUT2D eigenvalue weighted by atomic mass is 16.5. The highest BCUT2D eigenvalue weighted by Crippen LogP contribution is 2.11. The molecule has 0 atom stereocenters. The van der Waals surface area contributed by atoms with Crippen LogP contribution in [-0.4, -0.2) is 66.7 Å². The molecule has 220 valence electrons. The van der Waals surface area contributed by atoms with Crippen LogP contribution in [0.15, 0.2) is 91.1 Å². The lowest BCUT2D eigenvalue weighted by Gasteiger charge is -2.34. The van der Waals surface area contributed by atoms with Gasteiger partial charge in [-0.3, -0.25) is 9.69 Å². The molecule has 6 heteroatoms. The van der Waals surface area contributed by atoms with Crippen molar-refractivity contribution in [2.24, 2.45) is 0 Å². The number of rotatable bonds is 12. The standard InChI is InChI=1S/C27H39N3O.C8H9NO/c1-4-26-12-9-8-11-24(2)23-30(25(26)3)16-10-15-28-17-19-29(20-18-28)21-22-31-27-13-6-5-7-14-27;10-7-9-6-8-4-2-1-3-5-8/h5-9,11-14,23H,4,10,15-22H2,1-3H3;1-5,7H,6H2,(H,9,10). The van der Waals surface area contributed by atoms with Gasteiger partial charge in [0.1, 0.15) is 12.4 Å². The Morgan fingerprint density at radius 1 is 0.780 bits per heavy atom. The van der Waals surface area contributed by atoms with Gasteiger partial charge in [0.15, 0.2) is 0 Å². The zero-order chi connectivity index (χ0) is 29.1. The smallest absolute Gasteiger partial charge is 0.207 e. The number of aryl methyl sites for hydroxylation is 3. The molecule has 1 N–H and O–H groups in total. The van der Waals surface area contributed by atoms with Crippen LogP contribution in [0.2, 0.25) is 0 Å². The fourth-order valence-electron chi connectivity index (χ4n) is 4.94. The van der Waals surface area contributed by atoms with E-state index >= 15 is 0 Å². The van der Waals surface area contributed by atoms with Crippen LogP contribution in [0.1, 0.15) is 35.7 Å². The zero-order valence-corrected chi connectivity index (χ0v) is 25.2. The van der Waals surface area contributed by atoms with Gasteiger partial charge in [-0.15, -0.1) is 0 Å². The normalized spacial score (nSPS) is 13.4. The first-order valence-electron chi connectivity index (χ1n) is 14.9. The summed E-state index contributed by atoms with van der Waals surface area (Å²) in [5, 5.41) is 2.58. The molecule has 1 aromatic heterocycles. The highest BCUT2D eigenvalue weighted by Gasteiger charge is 2.16. The van der Waals surface area contributed by atoms with E-state index in [1.165, 1.54) is 23.2 Å². The SMILES string of the molecule is CCc1ccccc(C)cn(CCCN2CCN(CCOc3ccccc3)CC2)c1C.O=CNCc1ccccc1. The number of ether oxygens (including phenoxy) is 1. The second-order valence-electron chi connectivity index (χ2n) is 10.4. The van der Waals surface area contributed by atoms with E-state index in [-0.39, 0.29) is 0 Å². The molecule has 0 bridgehead atoms. The van der Waals surface area contributed by atoms with Crippen molar-refractivity contribution in [1.29, 1.82) is 0 Å². The first-order valence-corrected chi connectivity index (χ1v) is 14.9. The maximum Gasteiger partial charge on any atom is 0.207 e. The van der Waals surface area contributed by atoms with Crippen molar-refractivity contribution in [3.8, 4) is 5.75 Å². The summed E-state index contributed by atoms with van der Waals surface area (Å²) < 4.78 is 8.30. The minimum atomic E-state index is 0.615. The average molecular weight is 557 g/mol. The first-order chi connectivity index (χ1) is 20.1. The third kappa shape index (κ3) is 12.2. The molecule has 41 heavy (non-hydrogen) atoms. The van der Waals surface area contributed by atoms with Gasteiger partial charge in [0.25, 0.3) is 0 Å². The van der Waals surface area contributed by atoms with Gasteiger partial charge in [0, 0.05) is 57.7 Å². The van der Waals surface area contributed by atoms with E-state index in [2.05, 4.69) is 70.9 Å². The van der Waals surface area contributed by atoms with Gasteiger partial charge < -0.3 is 19.5 Å². The topological polar surface area (TPSA) is 49.7 Å². The summed E-state index contributed by atoms with van der Waals surface area (Å²) in [4.78, 5) is 15.0. The predicted molar refractivity (Wildman–Crippen MR) is 170 cm³/mol. The summed E-state index contributed by atoms with van der Waals surface area (Å²) in [7, 11) is 0. The van der Waals surface area contributed by atoms with Crippen molar-refractivity contribution in [3.63, 3.8) is 0 Å². The molecule has 0 unspecified atom stereocenters. The second kappa shape index (κ2) is 18.7. The molecule has 6 nitrogen and oxygen atoms in total. The molecule has 0 radical (unpaired) electrons. The highest BCUT2D eigenvalue weighted by molar-refractivity contribution is 5.46. The summed E-state index contributed by atoms with van der Waals surface area (Å²) >= 11 is 0. The number of hydrogen-bond donors (Lipinski definition) is 1. The van der Waals surface area contributed by atoms with E-state index in [0.717, 1.165) is 70.2 Å². The number of benzene rings is 2. The Morgan fingerprint density at radius 2 is 1.39 bits per heavy atom. The minimum absolute atomic E-state index is 0.615. The Morgan fingerprint density at radius 3 is 2.05 bits per heavy atom. The second-order valence-corrected chi connectivity index (χ2v) is 10.4. The number of amides is 1. The van der Waals surface area contributed by atoms with Crippen molar-refractivity contribution in [2.75, 3.05) is 45.9 Å². The maximum absolute atomic E-state index is 9.87. The molecule has 1 aliphatic heterocycles. The third-order valence-electron chi connectivity index (χ3n) is 7.39. The van der Waals surface area contributed by atoms with E-state index in [1.807, 2.05) is 60.7 Å². The molecule has 0 spiro atoms. The minimum Gasteiger partial charge on any atom is -0.492 e. The Bertz CT molecular complexity index is 1190. The number of hydrogen-bond acceptors (Lipinski definition) is 4. The lowest BCUT2D eigenvalue weighted by Crippen LogP contribution is -2.47. The lowest BCUT2D eigenvalue weighted by molar-refractivity contribution is -0.109. The predicted octanol–water partition coefficient (Wildman–Crippen LogP) is 5.81. The van der Waals surface area contributed by atoms with Gasteiger partial charge in [-0.25, -0.2) is 0 Å². The van der Waals surface area contributed by atoms with Crippen molar-refractivity contribution in [3.05, 3.63) is 114 Å². The summed E-state index contributed by atoms with van der Waals surface area (Å²) in [6, 6.07) is 28.6. The van der Waals surface area contributed by atoms with Gasteiger partial charge in [-0.05, 0) is 62.1 Å². The Kier molecular flexibility index (Phi) is 14.5. The number of para-hydroxylation sites is 1. The largest absolute Gasteiger partial charge is 0.492 e. The molecular weight excluding hydrogens is 508 g/mol. The molecule has 2 heterocycles. The van der Waals surface area contributed by atoms with Crippen LogP contribution >= 0.6 is 0 Å². The van der Waals surface area contributed by atoms with E-state index in [0.29, 0.717) is 13.0 Å². The molecule has 3 aromatic rings. The van der Waals surface area contributed by atoms with Crippen molar-refractivity contribution >= 4 is 6.41 Å². The van der Waals surface area contributed by atoms with Crippen molar-refractivity contribution in [1.82, 2.24) is 19.7 Å². The fraction of sp³-hybridized carbons (Fsp3) is 0.400. The molecule has 1 fully saturated rings. The zero-order valence-electron chi connectivity index (χ0n) is 25.2. The monoisotopic (exact) mass is 556 g/mol. The molecular formula is C35H48N4O2. The summed E-state index contributed by atoms with van der Waals surface area (Å²) in [5.74, 6) is 0.965. The Hall–Kier alpha value is -3.61. The lowest BCUT2D eigenvalue weighted by atomic mass is 10.1. The van der Waals surface area contributed by atoms with Gasteiger partial charge in [-0.2, -0.15) is 0 Å². The quantitative estimate of drug-likeness (QED) is 0.286. The molecule has 2 aromatic carbocycles. The molecule has 1 amide bonds. The van der Waals surface area contributed by atoms with Crippen LogP contribution in [0.25, 0.3) is 0 Å². The average Bonchev–Trinajstić information content (AvgIpc) is 3.07. The van der Waals surface area contributed by atoms with E-state index < -0.39 is 0 Å². The van der Waals surface area contributed by atoms with Crippen LogP contribution in [-0.2, 0) is 24.3 Å². The number of nitrogens with one attached hydrogen (secondary N) is 1. The van der Waals surface area contributed by atoms with Crippen LogP contribution < -0.4 is 10.1 Å². The number of carbonyl (C=O) groups is 1. The number of aromatic nitrogens is 1. The number of nitrogens with zero attached hydrogens (tertiary/aromatic N) is 3. The van der Waals surface area contributed by atoms with Crippen molar-refractivity contribution in [2.45, 2.75) is 46.7 Å².